The van der Waals surface area contributed by atoms with E-state index in [2.05, 4.69) is 5.32 Å². The van der Waals surface area contributed by atoms with Crippen molar-refractivity contribution in [2.45, 2.75) is 44.5 Å². The topological polar surface area (TPSA) is 108 Å². The van der Waals surface area contributed by atoms with Gasteiger partial charge in [-0.05, 0) is 24.6 Å². The van der Waals surface area contributed by atoms with E-state index in [9.17, 15) is 20.1 Å². The predicted molar refractivity (Wildman–Crippen MR) is 77.2 cm³/mol. The van der Waals surface area contributed by atoms with Crippen LogP contribution in [0.25, 0.3) is 0 Å². The summed E-state index contributed by atoms with van der Waals surface area (Å²) in [6.07, 6.45) is -4.65. The molecule has 4 N–H and O–H groups in total. The standard InChI is InChI=1S/C15H21NO6/c1-8-4-3-5-10(6-8)21-15-12(16-9(2)18)14(20)13(19)11(7-17)22-15/h3-6,11-15,17,19-20H,7H2,1-2H3,(H,16,18)/t11-,12+,13+,14-,15+/m0/s1. The Hall–Kier alpha value is -1.67. The lowest BCUT2D eigenvalue weighted by Crippen LogP contribution is -2.65. The number of rotatable bonds is 4. The van der Waals surface area contributed by atoms with Gasteiger partial charge < -0.3 is 30.1 Å². The number of benzene rings is 1. The largest absolute Gasteiger partial charge is 0.463 e. The molecular formula is C15H21NO6. The average Bonchev–Trinajstić information content (AvgIpc) is 2.46. The number of aryl methyl sites for hydroxylation is 1. The molecule has 1 saturated heterocycles. The van der Waals surface area contributed by atoms with Gasteiger partial charge in [-0.3, -0.25) is 4.79 Å². The lowest BCUT2D eigenvalue weighted by atomic mass is 9.97. The fourth-order valence-electron chi connectivity index (χ4n) is 2.39. The maximum absolute atomic E-state index is 11.3. The van der Waals surface area contributed by atoms with Crippen molar-refractivity contribution < 1.29 is 29.6 Å². The van der Waals surface area contributed by atoms with Gasteiger partial charge in [0, 0.05) is 6.92 Å². The van der Waals surface area contributed by atoms with Crippen molar-refractivity contribution in [3.05, 3.63) is 29.8 Å². The first-order valence-electron chi connectivity index (χ1n) is 7.05. The number of aliphatic hydroxyl groups is 3. The van der Waals surface area contributed by atoms with Gasteiger partial charge in [-0.25, -0.2) is 0 Å². The van der Waals surface area contributed by atoms with E-state index in [-0.39, 0.29) is 5.91 Å². The second-order valence-corrected chi connectivity index (χ2v) is 5.37. The van der Waals surface area contributed by atoms with Crippen LogP contribution in [-0.4, -0.2) is 58.5 Å². The van der Waals surface area contributed by atoms with Gasteiger partial charge in [-0.1, -0.05) is 12.1 Å². The highest BCUT2D eigenvalue weighted by Gasteiger charge is 2.46. The molecule has 1 aliphatic rings. The molecule has 1 fully saturated rings. The molecule has 1 aromatic carbocycles. The van der Waals surface area contributed by atoms with Crippen molar-refractivity contribution in [3.63, 3.8) is 0 Å². The second-order valence-electron chi connectivity index (χ2n) is 5.37. The van der Waals surface area contributed by atoms with Crippen LogP contribution in [0.5, 0.6) is 5.75 Å². The Balaban J connectivity index is 2.21. The van der Waals surface area contributed by atoms with Crippen molar-refractivity contribution in [1.29, 1.82) is 0 Å². The average molecular weight is 311 g/mol. The Labute approximate surface area is 128 Å². The van der Waals surface area contributed by atoms with E-state index >= 15 is 0 Å². The zero-order chi connectivity index (χ0) is 16.3. The van der Waals surface area contributed by atoms with Crippen LogP contribution in [-0.2, 0) is 9.53 Å². The quantitative estimate of drug-likeness (QED) is 0.587. The van der Waals surface area contributed by atoms with Crippen LogP contribution in [0.1, 0.15) is 12.5 Å². The summed E-state index contributed by atoms with van der Waals surface area (Å²) in [5, 5.41) is 31.8. The molecule has 1 amide bonds. The molecule has 0 radical (unpaired) electrons. The van der Waals surface area contributed by atoms with Crippen LogP contribution in [0.3, 0.4) is 0 Å². The third-order valence-electron chi connectivity index (χ3n) is 3.49. The van der Waals surface area contributed by atoms with Gasteiger partial charge in [0.25, 0.3) is 0 Å². The number of hydrogen-bond acceptors (Lipinski definition) is 6. The minimum atomic E-state index is -1.32. The van der Waals surface area contributed by atoms with Crippen molar-refractivity contribution in [2.75, 3.05) is 6.61 Å². The highest BCUT2D eigenvalue weighted by molar-refractivity contribution is 5.73. The van der Waals surface area contributed by atoms with Gasteiger partial charge in [0.15, 0.2) is 0 Å². The molecule has 1 heterocycles. The first-order chi connectivity index (χ1) is 10.4. The number of aliphatic hydroxyl groups excluding tert-OH is 3. The Bertz CT molecular complexity index is 523. The van der Waals surface area contributed by atoms with Crippen LogP contribution in [0, 0.1) is 6.92 Å². The van der Waals surface area contributed by atoms with E-state index in [0.29, 0.717) is 5.75 Å². The second kappa shape index (κ2) is 7.06. The highest BCUT2D eigenvalue weighted by atomic mass is 16.7. The summed E-state index contributed by atoms with van der Waals surface area (Å²) in [4.78, 5) is 11.3. The summed E-state index contributed by atoms with van der Waals surface area (Å²) in [6.45, 7) is 2.72. The van der Waals surface area contributed by atoms with Crippen molar-refractivity contribution in [1.82, 2.24) is 5.32 Å². The van der Waals surface area contributed by atoms with Gasteiger partial charge in [-0.15, -0.1) is 0 Å². The Morgan fingerprint density at radius 1 is 1.36 bits per heavy atom. The summed E-state index contributed by atoms with van der Waals surface area (Å²) >= 11 is 0. The van der Waals surface area contributed by atoms with Crippen LogP contribution in [0.4, 0.5) is 0 Å². The van der Waals surface area contributed by atoms with E-state index in [4.69, 9.17) is 9.47 Å². The molecule has 0 unspecified atom stereocenters. The lowest BCUT2D eigenvalue weighted by Gasteiger charge is -2.42. The Kier molecular flexibility index (Phi) is 5.36. The zero-order valence-electron chi connectivity index (χ0n) is 12.5. The fraction of sp³-hybridized carbons (Fsp3) is 0.533. The molecule has 7 heteroatoms. The van der Waals surface area contributed by atoms with Gasteiger partial charge >= 0.3 is 0 Å². The SMILES string of the molecule is CC(=O)N[C@H]1[C@H](Oc2cccc(C)c2)O[C@@H](CO)[C@@H](O)[C@H]1O. The maximum atomic E-state index is 11.3. The van der Waals surface area contributed by atoms with Crippen molar-refractivity contribution in [3.8, 4) is 5.75 Å². The third-order valence-corrected chi connectivity index (χ3v) is 3.49. The third kappa shape index (κ3) is 3.75. The number of carbonyl (C=O) groups excluding carboxylic acids is 1. The first-order valence-corrected chi connectivity index (χ1v) is 7.05. The molecule has 0 saturated carbocycles. The first kappa shape index (κ1) is 16.7. The van der Waals surface area contributed by atoms with E-state index in [1.54, 1.807) is 18.2 Å². The molecule has 1 aliphatic heterocycles. The van der Waals surface area contributed by atoms with Crippen molar-refractivity contribution in [2.24, 2.45) is 0 Å². The monoisotopic (exact) mass is 311 g/mol. The Morgan fingerprint density at radius 2 is 2.09 bits per heavy atom. The molecule has 0 aliphatic carbocycles. The maximum Gasteiger partial charge on any atom is 0.223 e. The molecular weight excluding hydrogens is 290 g/mol. The summed E-state index contributed by atoms with van der Waals surface area (Å²) in [7, 11) is 0. The minimum Gasteiger partial charge on any atom is -0.463 e. The fourth-order valence-corrected chi connectivity index (χ4v) is 2.39. The van der Waals surface area contributed by atoms with Gasteiger partial charge in [0.05, 0.1) is 6.61 Å². The predicted octanol–water partition coefficient (Wildman–Crippen LogP) is -0.682. The van der Waals surface area contributed by atoms with Gasteiger partial charge in [0.2, 0.25) is 12.2 Å². The number of carbonyl (C=O) groups is 1. The zero-order valence-corrected chi connectivity index (χ0v) is 12.5. The normalized spacial score (nSPS) is 31.6. The molecule has 22 heavy (non-hydrogen) atoms. The van der Waals surface area contributed by atoms with E-state index < -0.39 is 37.3 Å². The van der Waals surface area contributed by atoms with E-state index in [0.717, 1.165) is 5.56 Å². The van der Waals surface area contributed by atoms with Crippen LogP contribution >= 0.6 is 0 Å². The molecule has 5 atom stereocenters. The summed E-state index contributed by atoms with van der Waals surface area (Å²) in [6, 6.07) is 6.24. The minimum absolute atomic E-state index is 0.389. The van der Waals surface area contributed by atoms with E-state index in [1.165, 1.54) is 6.92 Å². The molecule has 0 bridgehead atoms. The smallest absolute Gasteiger partial charge is 0.223 e. The number of ether oxygens (including phenoxy) is 2. The number of hydrogen-bond donors (Lipinski definition) is 4. The molecule has 0 spiro atoms. The molecule has 122 valence electrons. The number of nitrogens with one attached hydrogen (secondary N) is 1. The summed E-state index contributed by atoms with van der Waals surface area (Å²) in [5.74, 6) is 0.112. The highest BCUT2D eigenvalue weighted by Crippen LogP contribution is 2.24. The molecule has 0 aromatic heterocycles. The molecule has 2 rings (SSSR count). The molecule has 1 aromatic rings. The van der Waals surface area contributed by atoms with Crippen LogP contribution < -0.4 is 10.1 Å². The van der Waals surface area contributed by atoms with Crippen LogP contribution in [0.2, 0.25) is 0 Å². The lowest BCUT2D eigenvalue weighted by molar-refractivity contribution is -0.244. The summed E-state index contributed by atoms with van der Waals surface area (Å²) < 4.78 is 11.2. The van der Waals surface area contributed by atoms with Crippen LogP contribution in [0.15, 0.2) is 24.3 Å². The van der Waals surface area contributed by atoms with Gasteiger partial charge in [0.1, 0.15) is 30.1 Å². The van der Waals surface area contributed by atoms with E-state index in [1.807, 2.05) is 13.0 Å². The summed E-state index contributed by atoms with van der Waals surface area (Å²) in [5.41, 5.74) is 0.976. The van der Waals surface area contributed by atoms with Crippen molar-refractivity contribution >= 4 is 5.91 Å². The Morgan fingerprint density at radius 3 is 2.68 bits per heavy atom. The van der Waals surface area contributed by atoms with Gasteiger partial charge in [-0.2, -0.15) is 0 Å². The molecule has 7 nitrogen and oxygen atoms in total. The number of amides is 1.